The van der Waals surface area contributed by atoms with Crippen molar-refractivity contribution >= 4 is 29.1 Å². The molecule has 1 N–H and O–H groups in total. The van der Waals surface area contributed by atoms with Crippen molar-refractivity contribution in [2.75, 3.05) is 51.3 Å². The van der Waals surface area contributed by atoms with E-state index in [1.165, 1.54) is 0 Å². The van der Waals surface area contributed by atoms with Crippen molar-refractivity contribution in [2.45, 2.75) is 26.7 Å². The summed E-state index contributed by atoms with van der Waals surface area (Å²) >= 11 is 6.36. The quantitative estimate of drug-likeness (QED) is 0.723. The molecule has 7 nitrogen and oxygen atoms in total. The Morgan fingerprint density at radius 2 is 1.73 bits per heavy atom. The summed E-state index contributed by atoms with van der Waals surface area (Å²) in [6.07, 6.45) is 1.05. The van der Waals surface area contributed by atoms with Gasteiger partial charge in [-0.05, 0) is 42.7 Å². The van der Waals surface area contributed by atoms with Gasteiger partial charge in [-0.3, -0.25) is 14.5 Å². The molecule has 0 aromatic heterocycles. The third kappa shape index (κ3) is 5.78. The fourth-order valence-corrected chi connectivity index (χ4v) is 4.51. The molecule has 0 saturated carbocycles. The van der Waals surface area contributed by atoms with E-state index < -0.39 is 0 Å². The summed E-state index contributed by atoms with van der Waals surface area (Å²) in [4.78, 5) is 29.3. The zero-order chi connectivity index (χ0) is 23.4. The van der Waals surface area contributed by atoms with Crippen LogP contribution < -0.4 is 14.8 Å². The van der Waals surface area contributed by atoms with Crippen LogP contribution in [-0.4, -0.2) is 67.6 Å². The second-order valence-corrected chi connectivity index (χ2v) is 9.01. The lowest BCUT2D eigenvalue weighted by atomic mass is 10.1. The Labute approximate surface area is 199 Å². The number of anilines is 1. The Hall–Kier alpha value is -2.77. The lowest BCUT2D eigenvalue weighted by Gasteiger charge is -2.34. The number of piperazine rings is 1. The molecule has 0 radical (unpaired) electrons. The van der Waals surface area contributed by atoms with Crippen molar-refractivity contribution in [2.24, 2.45) is 0 Å². The first-order valence-electron chi connectivity index (χ1n) is 11.3. The van der Waals surface area contributed by atoms with E-state index in [4.69, 9.17) is 21.1 Å². The number of hydrogen-bond donors (Lipinski definition) is 1. The SMILES string of the molecule is Cc1cccc(C)c1NC(=O)CN1CCN(C(=O)Cc2cc(Cl)c3c(c2)OCCCO3)CC1. The standard InChI is InChI=1S/C25H30ClN3O4/c1-17-5-3-6-18(2)24(17)27-22(30)16-28-7-9-29(10-8-28)23(31)15-19-13-20(26)25-21(14-19)32-11-4-12-33-25/h3,5-6,13-14H,4,7-12,15-16H2,1-2H3,(H,27,30). The van der Waals surface area contributed by atoms with Gasteiger partial charge >= 0.3 is 0 Å². The summed E-state index contributed by atoms with van der Waals surface area (Å²) in [5.74, 6) is 1.16. The van der Waals surface area contributed by atoms with Gasteiger partial charge in [0, 0.05) is 38.3 Å². The third-order valence-corrected chi connectivity index (χ3v) is 6.34. The topological polar surface area (TPSA) is 71.1 Å². The number of carbonyl (C=O) groups is 2. The van der Waals surface area contributed by atoms with Crippen LogP contribution in [0, 0.1) is 13.8 Å². The molecule has 2 heterocycles. The number of nitrogens with one attached hydrogen (secondary N) is 1. The Morgan fingerprint density at radius 1 is 1.03 bits per heavy atom. The Bertz CT molecular complexity index is 1010. The van der Waals surface area contributed by atoms with Crippen molar-refractivity contribution in [3.8, 4) is 11.5 Å². The third-order valence-electron chi connectivity index (χ3n) is 6.06. The summed E-state index contributed by atoms with van der Waals surface area (Å²) in [5, 5.41) is 3.50. The van der Waals surface area contributed by atoms with Gasteiger partial charge in [-0.15, -0.1) is 0 Å². The smallest absolute Gasteiger partial charge is 0.238 e. The van der Waals surface area contributed by atoms with Gasteiger partial charge in [0.1, 0.15) is 0 Å². The highest BCUT2D eigenvalue weighted by molar-refractivity contribution is 6.32. The number of amides is 2. The van der Waals surface area contributed by atoms with Gasteiger partial charge in [0.2, 0.25) is 11.8 Å². The highest BCUT2D eigenvalue weighted by Crippen LogP contribution is 2.38. The van der Waals surface area contributed by atoms with Gasteiger partial charge in [-0.25, -0.2) is 0 Å². The van der Waals surface area contributed by atoms with Crippen molar-refractivity contribution in [1.29, 1.82) is 0 Å². The number of fused-ring (bicyclic) bond motifs is 1. The van der Waals surface area contributed by atoms with Gasteiger partial charge in [-0.1, -0.05) is 29.8 Å². The van der Waals surface area contributed by atoms with Crippen LogP contribution in [0.4, 0.5) is 5.69 Å². The number of aryl methyl sites for hydroxylation is 2. The molecule has 0 unspecified atom stereocenters. The number of para-hydroxylation sites is 1. The van der Waals surface area contributed by atoms with Crippen molar-refractivity contribution in [1.82, 2.24) is 9.80 Å². The first kappa shape index (κ1) is 23.4. The lowest BCUT2D eigenvalue weighted by Crippen LogP contribution is -2.50. The first-order chi connectivity index (χ1) is 15.9. The van der Waals surface area contributed by atoms with E-state index in [-0.39, 0.29) is 18.2 Å². The molecule has 1 saturated heterocycles. The van der Waals surface area contributed by atoms with Crippen LogP contribution in [0.3, 0.4) is 0 Å². The molecule has 2 aliphatic heterocycles. The Morgan fingerprint density at radius 3 is 2.45 bits per heavy atom. The predicted molar refractivity (Wildman–Crippen MR) is 128 cm³/mol. The largest absolute Gasteiger partial charge is 0.489 e. The van der Waals surface area contributed by atoms with E-state index in [1.807, 2.05) is 43.0 Å². The van der Waals surface area contributed by atoms with Crippen molar-refractivity contribution in [3.63, 3.8) is 0 Å². The molecule has 4 rings (SSSR count). The molecule has 0 atom stereocenters. The molecule has 176 valence electrons. The molecule has 0 bridgehead atoms. The van der Waals surface area contributed by atoms with Crippen LogP contribution in [0.25, 0.3) is 0 Å². The minimum absolute atomic E-state index is 0.0333. The fourth-order valence-electron chi connectivity index (χ4n) is 4.22. The Kier molecular flexibility index (Phi) is 7.40. The van der Waals surface area contributed by atoms with Gasteiger partial charge in [0.15, 0.2) is 11.5 Å². The monoisotopic (exact) mass is 471 g/mol. The second-order valence-electron chi connectivity index (χ2n) is 8.60. The molecule has 2 aromatic carbocycles. The van der Waals surface area contributed by atoms with Crippen LogP contribution in [0.2, 0.25) is 5.02 Å². The minimum Gasteiger partial charge on any atom is -0.489 e. The van der Waals surface area contributed by atoms with E-state index in [9.17, 15) is 9.59 Å². The average Bonchev–Trinajstić information content (AvgIpc) is 3.03. The number of hydrogen-bond acceptors (Lipinski definition) is 5. The lowest BCUT2D eigenvalue weighted by molar-refractivity contribution is -0.132. The number of benzene rings is 2. The summed E-state index contributed by atoms with van der Waals surface area (Å²) < 4.78 is 11.4. The van der Waals surface area contributed by atoms with Gasteiger partial charge in [0.05, 0.1) is 31.2 Å². The summed E-state index contributed by atoms with van der Waals surface area (Å²) in [6.45, 7) is 7.93. The second kappa shape index (κ2) is 10.4. The van der Waals surface area contributed by atoms with Crippen molar-refractivity contribution < 1.29 is 19.1 Å². The first-order valence-corrected chi connectivity index (χ1v) is 11.7. The molecular weight excluding hydrogens is 442 g/mol. The van der Waals surface area contributed by atoms with Crippen LogP contribution in [0.15, 0.2) is 30.3 Å². The molecule has 8 heteroatoms. The van der Waals surface area contributed by atoms with Crippen LogP contribution >= 0.6 is 11.6 Å². The van der Waals surface area contributed by atoms with E-state index in [1.54, 1.807) is 6.07 Å². The fraction of sp³-hybridized carbons (Fsp3) is 0.440. The van der Waals surface area contributed by atoms with Gasteiger partial charge in [-0.2, -0.15) is 0 Å². The predicted octanol–water partition coefficient (Wildman–Crippen LogP) is 3.44. The number of ether oxygens (including phenoxy) is 2. The van der Waals surface area contributed by atoms with E-state index in [2.05, 4.69) is 10.2 Å². The highest BCUT2D eigenvalue weighted by Gasteiger charge is 2.24. The summed E-state index contributed by atoms with van der Waals surface area (Å²) in [6, 6.07) is 9.59. The summed E-state index contributed by atoms with van der Waals surface area (Å²) in [5.41, 5.74) is 3.79. The number of halogens is 1. The zero-order valence-corrected chi connectivity index (χ0v) is 19.9. The van der Waals surface area contributed by atoms with E-state index in [0.717, 1.165) is 28.8 Å². The average molecular weight is 472 g/mol. The maximum Gasteiger partial charge on any atom is 0.238 e. The highest BCUT2D eigenvalue weighted by atomic mass is 35.5. The van der Waals surface area contributed by atoms with Crippen molar-refractivity contribution in [3.05, 3.63) is 52.0 Å². The molecule has 33 heavy (non-hydrogen) atoms. The molecular formula is C25H30ClN3O4. The van der Waals surface area contributed by atoms with Crippen LogP contribution in [0.5, 0.6) is 11.5 Å². The number of nitrogens with zero attached hydrogens (tertiary/aromatic N) is 2. The minimum atomic E-state index is -0.0333. The maximum absolute atomic E-state index is 12.9. The molecule has 0 spiro atoms. The molecule has 1 fully saturated rings. The maximum atomic E-state index is 12.9. The van der Waals surface area contributed by atoms with Crippen LogP contribution in [0.1, 0.15) is 23.1 Å². The number of rotatable bonds is 5. The van der Waals surface area contributed by atoms with Crippen LogP contribution in [-0.2, 0) is 16.0 Å². The van der Waals surface area contributed by atoms with Gasteiger partial charge < -0.3 is 19.7 Å². The number of carbonyl (C=O) groups excluding carboxylic acids is 2. The zero-order valence-electron chi connectivity index (χ0n) is 19.2. The van der Waals surface area contributed by atoms with E-state index >= 15 is 0 Å². The molecule has 0 aliphatic carbocycles. The normalized spacial score (nSPS) is 16.3. The van der Waals surface area contributed by atoms with Gasteiger partial charge in [0.25, 0.3) is 0 Å². The molecule has 2 aromatic rings. The molecule has 2 amide bonds. The van der Waals surface area contributed by atoms with E-state index in [0.29, 0.717) is 62.5 Å². The molecule has 2 aliphatic rings. The Balaban J connectivity index is 1.28. The summed E-state index contributed by atoms with van der Waals surface area (Å²) in [7, 11) is 0.